The Bertz CT molecular complexity index is 363. The van der Waals surface area contributed by atoms with Gasteiger partial charge in [-0.25, -0.2) is 0 Å². The van der Waals surface area contributed by atoms with Crippen LogP contribution in [0.1, 0.15) is 31.0 Å². The van der Waals surface area contributed by atoms with Gasteiger partial charge in [0.25, 0.3) is 0 Å². The first kappa shape index (κ1) is 12.7. The Hall–Kier alpha value is -1.35. The second kappa shape index (κ2) is 5.66. The molecule has 3 nitrogen and oxygen atoms in total. The van der Waals surface area contributed by atoms with Crippen LogP contribution in [0.2, 0.25) is 0 Å². The number of hydrogen-bond donors (Lipinski definition) is 2. The lowest BCUT2D eigenvalue weighted by Crippen LogP contribution is -2.41. The van der Waals surface area contributed by atoms with Gasteiger partial charge in [0.15, 0.2) is 0 Å². The molecule has 0 aliphatic rings. The van der Waals surface area contributed by atoms with Crippen molar-refractivity contribution >= 4 is 5.91 Å². The van der Waals surface area contributed by atoms with Gasteiger partial charge in [-0.3, -0.25) is 4.79 Å². The summed E-state index contributed by atoms with van der Waals surface area (Å²) in [4.78, 5) is 11.7. The van der Waals surface area contributed by atoms with Crippen LogP contribution in [0.3, 0.4) is 0 Å². The van der Waals surface area contributed by atoms with E-state index in [1.807, 2.05) is 32.0 Å². The number of nitrogens with one attached hydrogen (secondary N) is 2. The lowest BCUT2D eigenvalue weighted by atomic mass is 10.0. The molecule has 0 saturated carbocycles. The Kier molecular flexibility index (Phi) is 4.50. The second-order valence-electron chi connectivity index (χ2n) is 4.10. The molecular formula is C13H20N2O. The first-order chi connectivity index (χ1) is 7.56. The van der Waals surface area contributed by atoms with E-state index in [0.29, 0.717) is 0 Å². The van der Waals surface area contributed by atoms with E-state index in [4.69, 9.17) is 0 Å². The van der Waals surface area contributed by atoms with Crippen LogP contribution in [-0.2, 0) is 4.79 Å². The van der Waals surface area contributed by atoms with E-state index in [1.165, 1.54) is 11.1 Å². The van der Waals surface area contributed by atoms with Crippen molar-refractivity contribution in [3.8, 4) is 0 Å². The maximum Gasteiger partial charge on any atom is 0.237 e. The van der Waals surface area contributed by atoms with Crippen LogP contribution in [0.15, 0.2) is 24.3 Å². The molecular weight excluding hydrogens is 200 g/mol. The Morgan fingerprint density at radius 2 is 1.88 bits per heavy atom. The second-order valence-corrected chi connectivity index (χ2v) is 4.10. The molecule has 0 aliphatic carbocycles. The third-order valence-electron chi connectivity index (χ3n) is 2.84. The van der Waals surface area contributed by atoms with Crippen LogP contribution >= 0.6 is 0 Å². The van der Waals surface area contributed by atoms with Crippen molar-refractivity contribution in [2.75, 3.05) is 7.05 Å². The van der Waals surface area contributed by atoms with Crippen molar-refractivity contribution in [1.29, 1.82) is 0 Å². The molecule has 0 fully saturated rings. The Morgan fingerprint density at radius 3 is 2.44 bits per heavy atom. The fraction of sp³-hybridized carbons (Fsp3) is 0.462. The van der Waals surface area contributed by atoms with Gasteiger partial charge in [0.2, 0.25) is 5.91 Å². The predicted octanol–water partition coefficient (Wildman–Crippen LogP) is 1.78. The van der Waals surface area contributed by atoms with Crippen LogP contribution in [0.25, 0.3) is 0 Å². The molecule has 88 valence electrons. The zero-order valence-corrected chi connectivity index (χ0v) is 10.4. The summed E-state index contributed by atoms with van der Waals surface area (Å²) in [6.07, 6.45) is 0. The highest BCUT2D eigenvalue weighted by Crippen LogP contribution is 2.16. The predicted molar refractivity (Wildman–Crippen MR) is 66.3 cm³/mol. The van der Waals surface area contributed by atoms with Crippen molar-refractivity contribution in [2.24, 2.45) is 0 Å². The summed E-state index contributed by atoms with van der Waals surface area (Å²) in [5.74, 6) is 0.0262. The lowest BCUT2D eigenvalue weighted by Gasteiger charge is -2.19. The number of aryl methyl sites for hydroxylation is 1. The topological polar surface area (TPSA) is 41.1 Å². The maximum absolute atomic E-state index is 11.7. The van der Waals surface area contributed by atoms with Gasteiger partial charge in [0, 0.05) is 0 Å². The largest absolute Gasteiger partial charge is 0.348 e. The molecule has 16 heavy (non-hydrogen) atoms. The zero-order chi connectivity index (χ0) is 12.1. The lowest BCUT2D eigenvalue weighted by molar-refractivity contribution is -0.123. The monoisotopic (exact) mass is 220 g/mol. The van der Waals surface area contributed by atoms with Gasteiger partial charge in [-0.05, 0) is 38.9 Å². The molecule has 0 bridgehead atoms. The number of carbonyl (C=O) groups excluding carboxylic acids is 1. The van der Waals surface area contributed by atoms with Crippen molar-refractivity contribution < 1.29 is 4.79 Å². The number of hydrogen-bond acceptors (Lipinski definition) is 2. The first-order valence-electron chi connectivity index (χ1n) is 5.59. The van der Waals surface area contributed by atoms with Gasteiger partial charge in [0.1, 0.15) is 0 Å². The smallest absolute Gasteiger partial charge is 0.237 e. The summed E-state index contributed by atoms with van der Waals surface area (Å²) in [6, 6.07) is 7.98. The number of benzene rings is 1. The third kappa shape index (κ3) is 3.07. The summed E-state index contributed by atoms with van der Waals surface area (Å²) in [5.41, 5.74) is 2.37. The first-order valence-corrected chi connectivity index (χ1v) is 5.59. The summed E-state index contributed by atoms with van der Waals surface area (Å²) in [6.45, 7) is 5.90. The van der Waals surface area contributed by atoms with Crippen molar-refractivity contribution in [1.82, 2.24) is 10.6 Å². The van der Waals surface area contributed by atoms with Gasteiger partial charge in [-0.1, -0.05) is 24.3 Å². The summed E-state index contributed by atoms with van der Waals surface area (Å²) < 4.78 is 0. The van der Waals surface area contributed by atoms with E-state index in [9.17, 15) is 4.79 Å². The molecule has 0 heterocycles. The van der Waals surface area contributed by atoms with Crippen LogP contribution in [-0.4, -0.2) is 19.0 Å². The highest BCUT2D eigenvalue weighted by atomic mass is 16.2. The van der Waals surface area contributed by atoms with Crippen molar-refractivity contribution in [2.45, 2.75) is 32.9 Å². The normalized spacial score (nSPS) is 14.2. The van der Waals surface area contributed by atoms with Crippen molar-refractivity contribution in [3.63, 3.8) is 0 Å². The van der Waals surface area contributed by atoms with E-state index in [2.05, 4.69) is 23.6 Å². The van der Waals surface area contributed by atoms with E-state index < -0.39 is 0 Å². The summed E-state index contributed by atoms with van der Waals surface area (Å²) in [7, 11) is 1.78. The van der Waals surface area contributed by atoms with Gasteiger partial charge in [-0.2, -0.15) is 0 Å². The van der Waals surface area contributed by atoms with E-state index in [-0.39, 0.29) is 18.0 Å². The van der Waals surface area contributed by atoms with E-state index in [0.717, 1.165) is 0 Å². The van der Waals surface area contributed by atoms with Gasteiger partial charge >= 0.3 is 0 Å². The molecule has 1 rings (SSSR count). The molecule has 0 unspecified atom stereocenters. The Morgan fingerprint density at radius 1 is 1.25 bits per heavy atom. The van der Waals surface area contributed by atoms with Crippen molar-refractivity contribution in [3.05, 3.63) is 35.4 Å². The average molecular weight is 220 g/mol. The molecule has 0 saturated heterocycles. The van der Waals surface area contributed by atoms with Crippen LogP contribution < -0.4 is 10.6 Å². The minimum Gasteiger partial charge on any atom is -0.348 e. The standard InChI is InChI=1S/C13H20N2O/c1-9-7-5-6-8-12(9)10(2)15-13(16)11(3)14-4/h5-8,10-11,14H,1-4H3,(H,15,16)/t10-,11+/m1/s1. The number of amides is 1. The van der Waals surface area contributed by atoms with Gasteiger partial charge in [-0.15, -0.1) is 0 Å². The molecule has 2 atom stereocenters. The highest BCUT2D eigenvalue weighted by Gasteiger charge is 2.14. The fourth-order valence-corrected chi connectivity index (χ4v) is 1.62. The quantitative estimate of drug-likeness (QED) is 0.812. The molecule has 0 spiro atoms. The highest BCUT2D eigenvalue weighted by molar-refractivity contribution is 5.81. The van der Waals surface area contributed by atoms with Crippen LogP contribution in [0.4, 0.5) is 0 Å². The molecule has 2 N–H and O–H groups in total. The van der Waals surface area contributed by atoms with Crippen LogP contribution in [0.5, 0.6) is 0 Å². The Labute approximate surface area is 97.2 Å². The number of likely N-dealkylation sites (N-methyl/N-ethyl adjacent to an activating group) is 1. The molecule has 1 aromatic rings. The maximum atomic E-state index is 11.7. The number of rotatable bonds is 4. The average Bonchev–Trinajstić information content (AvgIpc) is 2.28. The molecule has 1 aromatic carbocycles. The third-order valence-corrected chi connectivity index (χ3v) is 2.84. The van der Waals surface area contributed by atoms with Gasteiger partial charge < -0.3 is 10.6 Å². The Balaban J connectivity index is 2.69. The molecule has 3 heteroatoms. The van der Waals surface area contributed by atoms with E-state index in [1.54, 1.807) is 7.05 Å². The number of carbonyl (C=O) groups is 1. The minimum absolute atomic E-state index is 0.0262. The van der Waals surface area contributed by atoms with E-state index >= 15 is 0 Å². The molecule has 0 aliphatic heterocycles. The molecule has 0 aromatic heterocycles. The summed E-state index contributed by atoms with van der Waals surface area (Å²) >= 11 is 0. The molecule has 0 radical (unpaired) electrons. The zero-order valence-electron chi connectivity index (χ0n) is 10.4. The summed E-state index contributed by atoms with van der Waals surface area (Å²) in [5, 5.41) is 5.91. The molecule has 1 amide bonds. The van der Waals surface area contributed by atoms with Gasteiger partial charge in [0.05, 0.1) is 12.1 Å². The minimum atomic E-state index is -0.161. The van der Waals surface area contributed by atoms with Crippen LogP contribution in [0, 0.1) is 6.92 Å². The fourth-order valence-electron chi connectivity index (χ4n) is 1.62. The SMILES string of the molecule is CN[C@@H](C)C(=O)N[C@H](C)c1ccccc1C.